The van der Waals surface area contributed by atoms with Gasteiger partial charge in [-0.25, -0.2) is 0 Å². The highest BCUT2D eigenvalue weighted by Crippen LogP contribution is 2.39. The molecule has 1 aliphatic rings. The largest absolute Gasteiger partial charge is 0.692 e. The molecule has 1 fully saturated rings. The third kappa shape index (κ3) is 10.00. The van der Waals surface area contributed by atoms with Crippen molar-refractivity contribution in [1.29, 1.82) is 0 Å². The van der Waals surface area contributed by atoms with Gasteiger partial charge < -0.3 is 0 Å². The molecule has 0 saturated carbocycles. The summed E-state index contributed by atoms with van der Waals surface area (Å²) in [4.78, 5) is 15.2. The molecule has 0 amide bonds. The Morgan fingerprint density at radius 2 is 1.57 bits per heavy atom. The summed E-state index contributed by atoms with van der Waals surface area (Å²) in [5.74, 6) is 0. The van der Waals surface area contributed by atoms with E-state index in [-0.39, 0.29) is 13.0 Å². The smallest absolute Gasteiger partial charge is 0.289 e. The van der Waals surface area contributed by atoms with Crippen molar-refractivity contribution in [2.24, 2.45) is 0 Å². The van der Waals surface area contributed by atoms with Gasteiger partial charge >= 0.3 is 20.6 Å². The van der Waals surface area contributed by atoms with Crippen LogP contribution in [0.1, 0.15) is 32.6 Å². The Hall–Kier alpha value is -0.440. The van der Waals surface area contributed by atoms with E-state index in [9.17, 15) is 26.3 Å². The van der Waals surface area contributed by atoms with E-state index in [1.807, 2.05) is 0 Å². The highest BCUT2D eigenvalue weighted by Gasteiger charge is 2.47. The first-order valence-electron chi connectivity index (χ1n) is 5.99. The quantitative estimate of drug-likeness (QED) is 0.596. The van der Waals surface area contributed by atoms with Crippen LogP contribution < -0.4 is 0 Å². The first-order chi connectivity index (χ1) is 9.25. The Morgan fingerprint density at radius 1 is 1.10 bits per heavy atom. The lowest BCUT2D eigenvalue weighted by Gasteiger charge is -2.45. The fraction of sp³-hybridized carbons (Fsp3) is 1.00. The Morgan fingerprint density at radius 3 is 1.95 bits per heavy atom. The van der Waals surface area contributed by atoms with Crippen LogP contribution in [0.4, 0.5) is 26.3 Å². The molecule has 2 N–H and O–H groups in total. The number of piperidine rings is 1. The van der Waals surface area contributed by atoms with Crippen molar-refractivity contribution in [3.63, 3.8) is 0 Å². The number of rotatable bonds is 2. The van der Waals surface area contributed by atoms with Crippen LogP contribution in [0.3, 0.4) is 0 Å². The van der Waals surface area contributed by atoms with Gasteiger partial charge in [-0.2, -0.15) is 26.3 Å². The molecule has 0 aliphatic carbocycles. The molecule has 1 unspecified atom stereocenters. The van der Waals surface area contributed by atoms with Crippen LogP contribution in [0.15, 0.2) is 0 Å². The molecule has 0 aromatic rings. The van der Waals surface area contributed by atoms with Crippen molar-refractivity contribution in [2.45, 2.75) is 50.5 Å². The number of hydrogen-bond acceptors (Lipinski definition) is 2. The summed E-state index contributed by atoms with van der Waals surface area (Å²) in [5, 5.41) is 0. The first kappa shape index (κ1) is 20.6. The first-order valence-corrected chi connectivity index (χ1v) is 7.15. The predicted molar refractivity (Wildman–Crippen MR) is 62.6 cm³/mol. The maximum absolute atomic E-state index is 12.4. The molecule has 0 radical (unpaired) electrons. The molecule has 0 bridgehead atoms. The monoisotopic (exact) mass is 344 g/mol. The van der Waals surface area contributed by atoms with Gasteiger partial charge in [-0.15, -0.1) is 9.79 Å². The number of hydrogen-bond donors (Lipinski definition) is 2. The average Bonchev–Trinajstić information content (AvgIpc) is 2.16. The Bertz CT molecular complexity index is 345. The maximum Gasteiger partial charge on any atom is 0.692 e. The maximum atomic E-state index is 12.4. The normalized spacial score (nSPS) is 24.2. The van der Waals surface area contributed by atoms with E-state index < -0.39 is 39.1 Å². The van der Waals surface area contributed by atoms with Crippen LogP contribution in [0.25, 0.3) is 0 Å². The molecule has 1 atom stereocenters. The molecule has 4 nitrogen and oxygen atoms in total. The van der Waals surface area contributed by atoms with E-state index in [0.29, 0.717) is 12.8 Å². The summed E-state index contributed by atoms with van der Waals surface area (Å²) >= 11 is 0. The Balaban J connectivity index is 0.000000885. The number of nitrogens with zero attached hydrogens (tertiary/aromatic N) is 1. The van der Waals surface area contributed by atoms with Crippen LogP contribution in [-0.4, -0.2) is 45.7 Å². The lowest BCUT2D eigenvalue weighted by molar-refractivity contribution is -0.193. The van der Waals surface area contributed by atoms with E-state index in [4.69, 9.17) is 14.4 Å². The molecule has 1 heterocycles. The molecular formula is C10H17F6NO3P+. The van der Waals surface area contributed by atoms with Crippen LogP contribution in [0, 0.1) is 0 Å². The Labute approximate surface area is 118 Å². The van der Waals surface area contributed by atoms with Gasteiger partial charge in [0.1, 0.15) is 0 Å². The number of alkyl halides is 6. The molecule has 1 rings (SSSR count). The van der Waals surface area contributed by atoms with Gasteiger partial charge in [0.25, 0.3) is 0 Å². The summed E-state index contributed by atoms with van der Waals surface area (Å²) in [7, 11) is -2.87. The molecule has 0 aromatic heterocycles. The van der Waals surface area contributed by atoms with E-state index in [1.165, 1.54) is 6.92 Å². The van der Waals surface area contributed by atoms with E-state index in [0.717, 1.165) is 4.90 Å². The van der Waals surface area contributed by atoms with Crippen molar-refractivity contribution in [3.8, 4) is 0 Å². The zero-order valence-electron chi connectivity index (χ0n) is 11.2. The lowest BCUT2D eigenvalue weighted by atomic mass is 9.85. The van der Waals surface area contributed by atoms with Crippen LogP contribution in [-0.2, 0) is 4.57 Å². The molecular weight excluding hydrogens is 327 g/mol. The summed E-state index contributed by atoms with van der Waals surface area (Å²) in [6.07, 6.45) is -8.86. The fourth-order valence-electron chi connectivity index (χ4n) is 2.35. The minimum absolute atomic E-state index is 0.0755. The van der Waals surface area contributed by atoms with Gasteiger partial charge in [-0.3, -0.25) is 4.90 Å². The van der Waals surface area contributed by atoms with Crippen LogP contribution >= 0.6 is 8.25 Å². The highest BCUT2D eigenvalue weighted by atomic mass is 31.1. The van der Waals surface area contributed by atoms with Crippen LogP contribution in [0.2, 0.25) is 0 Å². The van der Waals surface area contributed by atoms with E-state index in [2.05, 4.69) is 0 Å². The van der Waals surface area contributed by atoms with Crippen molar-refractivity contribution < 1.29 is 40.7 Å². The fourth-order valence-corrected chi connectivity index (χ4v) is 2.35. The van der Waals surface area contributed by atoms with Gasteiger partial charge in [0, 0.05) is 10.1 Å². The minimum Gasteiger partial charge on any atom is -0.289 e. The van der Waals surface area contributed by atoms with Gasteiger partial charge in [0.05, 0.1) is 13.0 Å². The van der Waals surface area contributed by atoms with Crippen molar-refractivity contribution in [2.75, 3.05) is 13.1 Å². The van der Waals surface area contributed by atoms with Gasteiger partial charge in [0.15, 0.2) is 0 Å². The second-order valence-corrected chi connectivity index (χ2v) is 5.54. The van der Waals surface area contributed by atoms with E-state index >= 15 is 0 Å². The van der Waals surface area contributed by atoms with Gasteiger partial charge in [-0.05, 0) is 26.3 Å². The van der Waals surface area contributed by atoms with Gasteiger partial charge in [-0.1, -0.05) is 6.42 Å². The molecule has 1 aliphatic heterocycles. The highest BCUT2D eigenvalue weighted by molar-refractivity contribution is 7.30. The minimum atomic E-state index is -4.45. The van der Waals surface area contributed by atoms with Gasteiger partial charge in [0.2, 0.25) is 0 Å². The molecule has 0 spiro atoms. The molecule has 1 saturated heterocycles. The van der Waals surface area contributed by atoms with Crippen molar-refractivity contribution in [1.82, 2.24) is 4.90 Å². The molecule has 0 aromatic carbocycles. The second-order valence-electron chi connectivity index (χ2n) is 5.04. The standard InChI is InChI=1S/C10H15F6N.HO3P/c1-8(6-9(11,12)13)4-2-3-5-17(8)7-10(14,15)16;1-4(2)3/h2-7H2,1H3;(H-,1,2,3)/p+1. The average molecular weight is 344 g/mol. The zero-order chi connectivity index (χ0) is 16.9. The zero-order valence-corrected chi connectivity index (χ0v) is 12.1. The summed E-state index contributed by atoms with van der Waals surface area (Å²) in [5.41, 5.74) is -1.42. The number of likely N-dealkylation sites (tertiary alicyclic amines) is 1. The van der Waals surface area contributed by atoms with E-state index in [1.54, 1.807) is 0 Å². The molecule has 126 valence electrons. The summed E-state index contributed by atoms with van der Waals surface area (Å²) < 4.78 is 82.7. The molecule has 11 heteroatoms. The summed E-state index contributed by atoms with van der Waals surface area (Å²) in [6.45, 7) is 0.0804. The second kappa shape index (κ2) is 7.71. The number of halogens is 6. The third-order valence-corrected chi connectivity index (χ3v) is 3.11. The lowest BCUT2D eigenvalue weighted by Crippen LogP contribution is -2.54. The SMILES string of the molecule is CC1(CC(F)(F)F)CCCCN1CC(F)(F)F.O=[P+](O)O. The van der Waals surface area contributed by atoms with Crippen molar-refractivity contribution >= 4 is 8.25 Å². The summed E-state index contributed by atoms with van der Waals surface area (Å²) in [6, 6.07) is 0. The molecule has 21 heavy (non-hydrogen) atoms. The van der Waals surface area contributed by atoms with Crippen molar-refractivity contribution in [3.05, 3.63) is 0 Å². The predicted octanol–water partition coefficient (Wildman–Crippen LogP) is 3.37. The third-order valence-electron chi connectivity index (χ3n) is 3.11. The van der Waals surface area contributed by atoms with Crippen LogP contribution in [0.5, 0.6) is 0 Å². The topological polar surface area (TPSA) is 60.8 Å². The Kier molecular flexibility index (Phi) is 7.55.